The number of fused-ring (bicyclic) bond motifs is 1. The van der Waals surface area contributed by atoms with Gasteiger partial charge >= 0.3 is 0 Å². The Morgan fingerprint density at radius 1 is 0.893 bits per heavy atom. The van der Waals surface area contributed by atoms with Crippen LogP contribution in [0.25, 0.3) is 21.2 Å². The maximum atomic E-state index is 12.5. The van der Waals surface area contributed by atoms with Crippen LogP contribution in [0.1, 0.15) is 22.2 Å². The zero-order valence-corrected chi connectivity index (χ0v) is 16.7. The predicted octanol–water partition coefficient (Wildman–Crippen LogP) is 6.38. The Morgan fingerprint density at radius 2 is 1.54 bits per heavy atom. The molecule has 3 aromatic carbocycles. The van der Waals surface area contributed by atoms with E-state index in [2.05, 4.69) is 22.7 Å². The quantitative estimate of drug-likeness (QED) is 0.311. The third-order valence-electron chi connectivity index (χ3n) is 4.48. The number of hydrazone groups is 1. The summed E-state index contributed by atoms with van der Waals surface area (Å²) in [5.74, 6) is -0.300. The van der Waals surface area contributed by atoms with Gasteiger partial charge in [-0.15, -0.1) is 11.3 Å². The van der Waals surface area contributed by atoms with Gasteiger partial charge in [0.1, 0.15) is 4.88 Å². The third-order valence-corrected chi connectivity index (χ3v) is 6.15. The SMILES string of the molecule is C/C(=N\NC(=O)c1sc2ccccc2c1Cl)c1ccc(-c2ccccc2)cc1. The van der Waals surface area contributed by atoms with Crippen molar-refractivity contribution in [3.8, 4) is 11.1 Å². The topological polar surface area (TPSA) is 41.5 Å². The van der Waals surface area contributed by atoms with E-state index in [1.54, 1.807) is 0 Å². The van der Waals surface area contributed by atoms with E-state index in [1.165, 1.54) is 11.3 Å². The monoisotopic (exact) mass is 404 g/mol. The fourth-order valence-electron chi connectivity index (χ4n) is 2.94. The van der Waals surface area contributed by atoms with Crippen LogP contribution in [0.15, 0.2) is 84.0 Å². The Bertz CT molecular complexity index is 1160. The Labute approximate surface area is 172 Å². The van der Waals surface area contributed by atoms with E-state index in [4.69, 9.17) is 11.6 Å². The van der Waals surface area contributed by atoms with E-state index >= 15 is 0 Å². The van der Waals surface area contributed by atoms with Crippen molar-refractivity contribution >= 4 is 44.6 Å². The van der Waals surface area contributed by atoms with Crippen molar-refractivity contribution in [2.24, 2.45) is 5.10 Å². The van der Waals surface area contributed by atoms with Crippen molar-refractivity contribution in [1.29, 1.82) is 0 Å². The molecule has 1 aromatic heterocycles. The van der Waals surface area contributed by atoms with Gasteiger partial charge in [-0.25, -0.2) is 5.43 Å². The lowest BCUT2D eigenvalue weighted by atomic mass is 10.0. The molecule has 0 atom stereocenters. The van der Waals surface area contributed by atoms with Gasteiger partial charge in [-0.2, -0.15) is 5.10 Å². The Morgan fingerprint density at radius 3 is 2.25 bits per heavy atom. The van der Waals surface area contributed by atoms with Crippen molar-refractivity contribution in [3.05, 3.63) is 94.3 Å². The predicted molar refractivity (Wildman–Crippen MR) is 118 cm³/mol. The molecule has 0 aliphatic heterocycles. The van der Waals surface area contributed by atoms with E-state index in [1.807, 2.05) is 73.7 Å². The summed E-state index contributed by atoms with van der Waals surface area (Å²) in [6.45, 7) is 1.87. The summed E-state index contributed by atoms with van der Waals surface area (Å²) in [5, 5.41) is 5.61. The van der Waals surface area contributed by atoms with Crippen LogP contribution >= 0.6 is 22.9 Å². The highest BCUT2D eigenvalue weighted by molar-refractivity contribution is 7.21. The number of rotatable bonds is 4. The van der Waals surface area contributed by atoms with E-state index in [-0.39, 0.29) is 5.91 Å². The van der Waals surface area contributed by atoms with Gasteiger partial charge in [0.25, 0.3) is 5.91 Å². The van der Waals surface area contributed by atoms with Crippen LogP contribution in [0.3, 0.4) is 0 Å². The molecule has 0 spiro atoms. The van der Waals surface area contributed by atoms with Gasteiger partial charge in [0, 0.05) is 10.1 Å². The smallest absolute Gasteiger partial charge is 0.266 e. The van der Waals surface area contributed by atoms with E-state index < -0.39 is 0 Å². The first-order valence-electron chi connectivity index (χ1n) is 8.81. The Balaban J connectivity index is 1.51. The van der Waals surface area contributed by atoms with Crippen molar-refractivity contribution < 1.29 is 4.79 Å². The Hall–Kier alpha value is -2.95. The molecule has 0 aliphatic rings. The van der Waals surface area contributed by atoms with Crippen LogP contribution in [-0.4, -0.2) is 11.6 Å². The molecule has 3 nitrogen and oxygen atoms in total. The molecule has 0 bridgehead atoms. The zero-order chi connectivity index (χ0) is 19.5. The summed E-state index contributed by atoms with van der Waals surface area (Å²) >= 11 is 7.73. The minimum atomic E-state index is -0.300. The van der Waals surface area contributed by atoms with Crippen LogP contribution in [0.4, 0.5) is 0 Å². The second-order valence-electron chi connectivity index (χ2n) is 6.32. The number of benzene rings is 3. The summed E-state index contributed by atoms with van der Waals surface area (Å²) < 4.78 is 0.981. The first kappa shape index (κ1) is 18.4. The lowest BCUT2D eigenvalue weighted by Gasteiger charge is -2.05. The molecule has 5 heteroatoms. The van der Waals surface area contributed by atoms with E-state index in [9.17, 15) is 4.79 Å². The van der Waals surface area contributed by atoms with E-state index in [0.29, 0.717) is 9.90 Å². The van der Waals surface area contributed by atoms with Gasteiger partial charge in [-0.1, -0.05) is 84.4 Å². The molecule has 0 saturated carbocycles. The largest absolute Gasteiger partial charge is 0.283 e. The Kier molecular flexibility index (Phi) is 5.24. The molecule has 1 amide bonds. The summed E-state index contributed by atoms with van der Waals surface area (Å²) in [6.07, 6.45) is 0. The molecule has 1 N–H and O–H groups in total. The minimum Gasteiger partial charge on any atom is -0.266 e. The van der Waals surface area contributed by atoms with Gasteiger partial charge in [0.15, 0.2) is 0 Å². The van der Waals surface area contributed by atoms with Crippen molar-refractivity contribution in [3.63, 3.8) is 0 Å². The first-order valence-corrected chi connectivity index (χ1v) is 10.0. The average Bonchev–Trinajstić information content (AvgIpc) is 3.09. The number of hydrogen-bond acceptors (Lipinski definition) is 3. The van der Waals surface area contributed by atoms with Crippen LogP contribution in [-0.2, 0) is 0 Å². The molecule has 138 valence electrons. The zero-order valence-electron chi connectivity index (χ0n) is 15.1. The summed E-state index contributed by atoms with van der Waals surface area (Å²) in [5.41, 5.74) is 6.59. The molecule has 0 aliphatic carbocycles. The number of hydrogen-bond donors (Lipinski definition) is 1. The van der Waals surface area contributed by atoms with Crippen molar-refractivity contribution in [2.75, 3.05) is 0 Å². The second-order valence-corrected chi connectivity index (χ2v) is 7.75. The number of carbonyl (C=O) groups is 1. The minimum absolute atomic E-state index is 0.300. The number of carbonyl (C=O) groups excluding carboxylic acids is 1. The van der Waals surface area contributed by atoms with Gasteiger partial charge in [0.2, 0.25) is 0 Å². The molecule has 0 unspecified atom stereocenters. The number of nitrogens with zero attached hydrogens (tertiary/aromatic N) is 1. The average molecular weight is 405 g/mol. The molecular weight excluding hydrogens is 388 g/mol. The summed E-state index contributed by atoms with van der Waals surface area (Å²) in [4.78, 5) is 13.0. The van der Waals surface area contributed by atoms with Crippen LogP contribution in [0, 0.1) is 0 Å². The standard InChI is InChI=1S/C23H17ClN2OS/c1-15(16-11-13-18(14-12-16)17-7-3-2-4-8-17)25-26-23(27)22-21(24)19-9-5-6-10-20(19)28-22/h2-14H,1H3,(H,26,27)/b25-15+. The molecular formula is C23H17ClN2OS. The fraction of sp³-hybridized carbons (Fsp3) is 0.0435. The number of halogens is 1. The fourth-order valence-corrected chi connectivity index (χ4v) is 4.35. The highest BCUT2D eigenvalue weighted by atomic mass is 35.5. The van der Waals surface area contributed by atoms with Gasteiger partial charge in [0.05, 0.1) is 10.7 Å². The normalized spacial score (nSPS) is 11.6. The van der Waals surface area contributed by atoms with Crippen molar-refractivity contribution in [1.82, 2.24) is 5.43 Å². The molecule has 4 aromatic rings. The van der Waals surface area contributed by atoms with Crippen LogP contribution in [0.2, 0.25) is 5.02 Å². The van der Waals surface area contributed by atoms with Crippen LogP contribution < -0.4 is 5.43 Å². The third kappa shape index (κ3) is 3.70. The lowest BCUT2D eigenvalue weighted by Crippen LogP contribution is -2.18. The molecule has 0 saturated heterocycles. The van der Waals surface area contributed by atoms with Gasteiger partial charge in [-0.3, -0.25) is 4.79 Å². The molecule has 4 rings (SSSR count). The maximum absolute atomic E-state index is 12.5. The maximum Gasteiger partial charge on any atom is 0.283 e. The number of thiophene rings is 1. The van der Waals surface area contributed by atoms with Gasteiger partial charge < -0.3 is 0 Å². The van der Waals surface area contributed by atoms with E-state index in [0.717, 1.165) is 32.5 Å². The molecule has 1 heterocycles. The summed E-state index contributed by atoms with van der Waals surface area (Å²) in [6, 6.07) is 26.0. The highest BCUT2D eigenvalue weighted by Gasteiger charge is 2.16. The number of nitrogens with one attached hydrogen (secondary N) is 1. The second kappa shape index (κ2) is 7.97. The molecule has 0 fully saturated rings. The summed E-state index contributed by atoms with van der Waals surface area (Å²) in [7, 11) is 0. The highest BCUT2D eigenvalue weighted by Crippen LogP contribution is 2.34. The van der Waals surface area contributed by atoms with Gasteiger partial charge in [-0.05, 0) is 29.7 Å². The first-order chi connectivity index (χ1) is 13.6. The number of amides is 1. The van der Waals surface area contributed by atoms with Crippen molar-refractivity contribution in [2.45, 2.75) is 6.92 Å². The van der Waals surface area contributed by atoms with Crippen LogP contribution in [0.5, 0.6) is 0 Å². The molecule has 0 radical (unpaired) electrons. The lowest BCUT2D eigenvalue weighted by molar-refractivity contribution is 0.0959. The molecule has 28 heavy (non-hydrogen) atoms.